The Kier molecular flexibility index (Phi) is 5.35. The summed E-state index contributed by atoms with van der Waals surface area (Å²) < 4.78 is 27.2. The first kappa shape index (κ1) is 19.6. The van der Waals surface area contributed by atoms with E-state index in [0.29, 0.717) is 57.4 Å². The minimum Gasteiger partial charge on any atom is -0.339 e. The lowest BCUT2D eigenvalue weighted by atomic mass is 9.93. The van der Waals surface area contributed by atoms with Crippen LogP contribution in [0.2, 0.25) is 0 Å². The summed E-state index contributed by atoms with van der Waals surface area (Å²) in [7, 11) is 0. The molecule has 6 heteroatoms. The van der Waals surface area contributed by atoms with Gasteiger partial charge in [0.2, 0.25) is 11.8 Å². The fraction of sp³-hybridized carbons (Fsp3) is 0.391. The average molecular weight is 398 g/mol. The van der Waals surface area contributed by atoms with Crippen molar-refractivity contribution in [2.45, 2.75) is 31.1 Å². The summed E-state index contributed by atoms with van der Waals surface area (Å²) in [6, 6.07) is 12.7. The summed E-state index contributed by atoms with van der Waals surface area (Å²) in [4.78, 5) is 29.1. The predicted octanol–water partition coefficient (Wildman–Crippen LogP) is 3.30. The van der Waals surface area contributed by atoms with Crippen LogP contribution in [0.4, 0.5) is 8.78 Å². The van der Waals surface area contributed by atoms with Crippen molar-refractivity contribution in [3.63, 3.8) is 0 Å². The number of aryl methyl sites for hydroxylation is 1. The number of halogens is 2. The second-order valence-electron chi connectivity index (χ2n) is 7.86. The molecule has 0 spiro atoms. The van der Waals surface area contributed by atoms with Gasteiger partial charge in [0.05, 0.1) is 5.41 Å². The first-order valence-electron chi connectivity index (χ1n) is 10.1. The highest BCUT2D eigenvalue weighted by Crippen LogP contribution is 2.50. The van der Waals surface area contributed by atoms with E-state index in [4.69, 9.17) is 0 Å². The first-order valence-corrected chi connectivity index (χ1v) is 10.1. The zero-order valence-electron chi connectivity index (χ0n) is 16.2. The molecule has 1 heterocycles. The number of amides is 2. The third kappa shape index (κ3) is 4.02. The maximum atomic E-state index is 14.2. The number of benzene rings is 2. The molecule has 2 amide bonds. The van der Waals surface area contributed by atoms with E-state index in [1.807, 2.05) is 0 Å². The number of carbonyl (C=O) groups is 2. The second-order valence-corrected chi connectivity index (χ2v) is 7.86. The van der Waals surface area contributed by atoms with Crippen molar-refractivity contribution >= 4 is 11.8 Å². The van der Waals surface area contributed by atoms with Crippen LogP contribution in [0, 0.1) is 11.6 Å². The van der Waals surface area contributed by atoms with Gasteiger partial charge in [-0.2, -0.15) is 0 Å². The molecule has 0 atom stereocenters. The minimum absolute atomic E-state index is 0.0268. The second kappa shape index (κ2) is 7.93. The van der Waals surface area contributed by atoms with Crippen molar-refractivity contribution in [2.75, 3.05) is 26.2 Å². The third-order valence-electron chi connectivity index (χ3n) is 6.01. The molecule has 2 aromatic rings. The van der Waals surface area contributed by atoms with Crippen LogP contribution in [0.1, 0.15) is 30.4 Å². The lowest BCUT2D eigenvalue weighted by Crippen LogP contribution is -2.53. The molecular weight excluding hydrogens is 374 g/mol. The van der Waals surface area contributed by atoms with E-state index in [0.717, 1.165) is 5.56 Å². The van der Waals surface area contributed by atoms with Gasteiger partial charge in [0.25, 0.3) is 0 Å². The van der Waals surface area contributed by atoms with Crippen molar-refractivity contribution in [3.05, 3.63) is 71.3 Å². The van der Waals surface area contributed by atoms with Crippen molar-refractivity contribution in [1.82, 2.24) is 9.80 Å². The van der Waals surface area contributed by atoms with Crippen LogP contribution in [0.3, 0.4) is 0 Å². The standard InChI is InChI=1S/C23H24F2N2O2/c24-18-8-5-17(6-9-18)7-10-21(28)26-13-15-27(16-14-26)22(29)23(11-12-23)19-3-1-2-4-20(19)25/h1-6,8-9H,7,10-16H2. The van der Waals surface area contributed by atoms with Gasteiger partial charge in [-0.3, -0.25) is 9.59 Å². The van der Waals surface area contributed by atoms with Crippen LogP contribution in [0.5, 0.6) is 0 Å². The van der Waals surface area contributed by atoms with Crippen LogP contribution in [0.25, 0.3) is 0 Å². The van der Waals surface area contributed by atoms with Gasteiger partial charge < -0.3 is 9.80 Å². The predicted molar refractivity (Wildman–Crippen MR) is 105 cm³/mol. The van der Waals surface area contributed by atoms with Gasteiger partial charge >= 0.3 is 0 Å². The van der Waals surface area contributed by atoms with E-state index >= 15 is 0 Å². The van der Waals surface area contributed by atoms with E-state index in [1.54, 1.807) is 40.1 Å². The number of hydrogen-bond donors (Lipinski definition) is 0. The number of rotatable bonds is 5. The van der Waals surface area contributed by atoms with E-state index in [-0.39, 0.29) is 23.4 Å². The molecule has 0 aromatic heterocycles. The lowest BCUT2D eigenvalue weighted by molar-refractivity contribution is -0.141. The largest absolute Gasteiger partial charge is 0.339 e. The van der Waals surface area contributed by atoms with E-state index in [1.165, 1.54) is 18.2 Å². The number of nitrogens with zero attached hydrogens (tertiary/aromatic N) is 2. The molecular formula is C23H24F2N2O2. The molecule has 4 nitrogen and oxygen atoms in total. The Hall–Kier alpha value is -2.76. The van der Waals surface area contributed by atoms with E-state index in [9.17, 15) is 18.4 Å². The Morgan fingerprint density at radius 2 is 1.48 bits per heavy atom. The molecule has 29 heavy (non-hydrogen) atoms. The average Bonchev–Trinajstić information content (AvgIpc) is 3.55. The van der Waals surface area contributed by atoms with Crippen LogP contribution in [-0.2, 0) is 21.4 Å². The third-order valence-corrected chi connectivity index (χ3v) is 6.01. The van der Waals surface area contributed by atoms with Crippen molar-refractivity contribution < 1.29 is 18.4 Å². The highest BCUT2D eigenvalue weighted by molar-refractivity contribution is 5.91. The topological polar surface area (TPSA) is 40.6 Å². The van der Waals surface area contributed by atoms with Crippen molar-refractivity contribution in [2.24, 2.45) is 0 Å². The Morgan fingerprint density at radius 3 is 2.10 bits per heavy atom. The van der Waals surface area contributed by atoms with Gasteiger partial charge in [-0.25, -0.2) is 8.78 Å². The summed E-state index contributed by atoms with van der Waals surface area (Å²) in [5.41, 5.74) is 0.692. The summed E-state index contributed by atoms with van der Waals surface area (Å²) in [5, 5.41) is 0. The molecule has 1 saturated carbocycles. The minimum atomic E-state index is -0.722. The van der Waals surface area contributed by atoms with Gasteiger partial charge in [-0.15, -0.1) is 0 Å². The zero-order valence-corrected chi connectivity index (χ0v) is 16.2. The molecule has 1 saturated heterocycles. The molecule has 2 aliphatic rings. The smallest absolute Gasteiger partial charge is 0.233 e. The van der Waals surface area contributed by atoms with E-state index in [2.05, 4.69) is 0 Å². The van der Waals surface area contributed by atoms with E-state index < -0.39 is 5.41 Å². The monoisotopic (exact) mass is 398 g/mol. The quantitative estimate of drug-likeness (QED) is 0.776. The lowest BCUT2D eigenvalue weighted by Gasteiger charge is -2.37. The molecule has 1 aliphatic carbocycles. The molecule has 2 fully saturated rings. The fourth-order valence-electron chi connectivity index (χ4n) is 4.09. The summed E-state index contributed by atoms with van der Waals surface area (Å²) in [6.45, 7) is 1.91. The van der Waals surface area contributed by atoms with Gasteiger partial charge in [-0.1, -0.05) is 30.3 Å². The maximum Gasteiger partial charge on any atom is 0.233 e. The van der Waals surface area contributed by atoms with Crippen LogP contribution in [0.15, 0.2) is 48.5 Å². The Labute approximate surface area is 169 Å². The van der Waals surface area contributed by atoms with Gasteiger partial charge in [0, 0.05) is 38.2 Å². The van der Waals surface area contributed by atoms with Crippen LogP contribution in [-0.4, -0.2) is 47.8 Å². The molecule has 2 aromatic carbocycles. The summed E-state index contributed by atoms with van der Waals surface area (Å²) in [6.07, 6.45) is 2.26. The highest BCUT2D eigenvalue weighted by atomic mass is 19.1. The Morgan fingerprint density at radius 1 is 0.862 bits per heavy atom. The van der Waals surface area contributed by atoms with Gasteiger partial charge in [0.1, 0.15) is 11.6 Å². The van der Waals surface area contributed by atoms with Gasteiger partial charge in [-0.05, 0) is 43.0 Å². The van der Waals surface area contributed by atoms with Crippen LogP contribution >= 0.6 is 0 Å². The summed E-state index contributed by atoms with van der Waals surface area (Å²) >= 11 is 0. The SMILES string of the molecule is O=C(CCc1ccc(F)cc1)N1CCN(C(=O)C2(c3ccccc3F)CC2)CC1. The molecule has 152 valence electrons. The molecule has 1 aliphatic heterocycles. The molecule has 0 unspecified atom stereocenters. The Bertz CT molecular complexity index is 901. The Balaban J connectivity index is 1.31. The molecule has 4 rings (SSSR count). The van der Waals surface area contributed by atoms with Crippen LogP contribution < -0.4 is 0 Å². The first-order chi connectivity index (χ1) is 14.0. The number of hydrogen-bond acceptors (Lipinski definition) is 2. The number of piperazine rings is 1. The molecule has 0 N–H and O–H groups in total. The van der Waals surface area contributed by atoms with Crippen molar-refractivity contribution in [3.8, 4) is 0 Å². The van der Waals surface area contributed by atoms with Crippen molar-refractivity contribution in [1.29, 1.82) is 0 Å². The fourth-order valence-corrected chi connectivity index (χ4v) is 4.09. The highest BCUT2D eigenvalue weighted by Gasteiger charge is 2.54. The number of carbonyl (C=O) groups excluding carboxylic acids is 2. The zero-order chi connectivity index (χ0) is 20.4. The van der Waals surface area contributed by atoms with Gasteiger partial charge in [0.15, 0.2) is 0 Å². The normalized spacial score (nSPS) is 17.9. The maximum absolute atomic E-state index is 14.2. The molecule has 0 bridgehead atoms. The summed E-state index contributed by atoms with van der Waals surface area (Å²) in [5.74, 6) is -0.602. The molecule has 0 radical (unpaired) electrons.